The Morgan fingerprint density at radius 2 is 1.92 bits per heavy atom. The summed E-state index contributed by atoms with van der Waals surface area (Å²) in [6.07, 6.45) is -3.01. The van der Waals surface area contributed by atoms with Crippen LogP contribution in [0.3, 0.4) is 0 Å². The largest absolute Gasteiger partial charge is 0.416 e. The number of carbonyl (C=O) groups is 1. The molecule has 1 saturated heterocycles. The normalized spacial score (nSPS) is 19.7. The zero-order valence-corrected chi connectivity index (χ0v) is 15.2. The average Bonchev–Trinajstić information content (AvgIpc) is 2.52. The fraction of sp³-hybridized carbons (Fsp3) is 0.533. The van der Waals surface area contributed by atoms with Crippen molar-refractivity contribution in [2.75, 3.05) is 20.6 Å². The second kappa shape index (κ2) is 7.13. The highest BCUT2D eigenvalue weighted by molar-refractivity contribution is 7.89. The molecule has 0 aliphatic carbocycles. The van der Waals surface area contributed by atoms with Crippen LogP contribution in [0.2, 0.25) is 5.02 Å². The number of nitrogens with zero attached hydrogens (tertiary/aromatic N) is 2. The first-order valence-corrected chi connectivity index (χ1v) is 9.38. The van der Waals surface area contributed by atoms with E-state index < -0.39 is 37.7 Å². The number of carbonyl (C=O) groups excluding carboxylic acids is 1. The molecule has 10 heteroatoms. The van der Waals surface area contributed by atoms with Crippen LogP contribution < -0.4 is 0 Å². The molecule has 0 saturated carbocycles. The molecule has 1 aromatic carbocycles. The lowest BCUT2D eigenvalue weighted by atomic mass is 10.0. The smallest absolute Gasteiger partial charge is 0.347 e. The van der Waals surface area contributed by atoms with Gasteiger partial charge in [0.05, 0.1) is 10.6 Å². The predicted molar refractivity (Wildman–Crippen MR) is 86.7 cm³/mol. The third-order valence-corrected chi connectivity index (χ3v) is 6.42. The second-order valence-corrected chi connectivity index (χ2v) is 8.27. The van der Waals surface area contributed by atoms with E-state index in [9.17, 15) is 26.4 Å². The molecule has 25 heavy (non-hydrogen) atoms. The van der Waals surface area contributed by atoms with Crippen molar-refractivity contribution in [2.24, 2.45) is 0 Å². The minimum absolute atomic E-state index is 0.115. The van der Waals surface area contributed by atoms with Gasteiger partial charge in [0.15, 0.2) is 0 Å². The molecule has 1 aromatic rings. The van der Waals surface area contributed by atoms with E-state index in [2.05, 4.69) is 0 Å². The zero-order chi connectivity index (χ0) is 19.0. The summed E-state index contributed by atoms with van der Waals surface area (Å²) in [6, 6.07) is 1.21. The van der Waals surface area contributed by atoms with Gasteiger partial charge < -0.3 is 4.90 Å². The second-order valence-electron chi connectivity index (χ2n) is 6.00. The predicted octanol–water partition coefficient (Wildman–Crippen LogP) is 2.99. The highest BCUT2D eigenvalue weighted by Crippen LogP contribution is 2.35. The van der Waals surface area contributed by atoms with E-state index in [1.807, 2.05) is 0 Å². The Hall–Kier alpha value is -1.32. The molecule has 0 bridgehead atoms. The molecule has 0 aromatic heterocycles. The number of benzene rings is 1. The fourth-order valence-electron chi connectivity index (χ4n) is 2.75. The Bertz CT molecular complexity index is 766. The number of rotatable bonds is 3. The maximum atomic E-state index is 12.9. The summed E-state index contributed by atoms with van der Waals surface area (Å²) in [5.74, 6) is -0.369. The molecule has 0 radical (unpaired) electrons. The first-order valence-electron chi connectivity index (χ1n) is 7.56. The van der Waals surface area contributed by atoms with Crippen LogP contribution in [-0.2, 0) is 21.0 Å². The SMILES string of the molecule is CN(C)C(=O)C1CCCCN1S(=O)(=O)c1ccc(C(F)(F)F)cc1Cl. The maximum Gasteiger partial charge on any atom is 0.416 e. The van der Waals surface area contributed by atoms with Crippen molar-refractivity contribution in [1.29, 1.82) is 0 Å². The van der Waals surface area contributed by atoms with Gasteiger partial charge in [-0.15, -0.1) is 0 Å². The quantitative estimate of drug-likeness (QED) is 0.786. The van der Waals surface area contributed by atoms with Crippen LogP contribution in [0.15, 0.2) is 23.1 Å². The van der Waals surface area contributed by atoms with Crippen molar-refractivity contribution >= 4 is 27.5 Å². The summed E-state index contributed by atoms with van der Waals surface area (Å²) in [5.41, 5.74) is -1.03. The Kier molecular flexibility index (Phi) is 5.70. The van der Waals surface area contributed by atoms with Gasteiger partial charge in [0.25, 0.3) is 0 Å². The Morgan fingerprint density at radius 3 is 2.44 bits per heavy atom. The summed E-state index contributed by atoms with van der Waals surface area (Å²) >= 11 is 5.83. The van der Waals surface area contributed by atoms with E-state index >= 15 is 0 Å². The molecule has 140 valence electrons. The molecule has 5 nitrogen and oxygen atoms in total. The van der Waals surface area contributed by atoms with Gasteiger partial charge in [-0.3, -0.25) is 4.79 Å². The minimum Gasteiger partial charge on any atom is -0.347 e. The van der Waals surface area contributed by atoms with Crippen molar-refractivity contribution in [3.05, 3.63) is 28.8 Å². The molecule has 0 N–H and O–H groups in total. The zero-order valence-electron chi connectivity index (χ0n) is 13.7. The molecule has 1 aliphatic rings. The first kappa shape index (κ1) is 20.0. The van der Waals surface area contributed by atoms with Crippen LogP contribution in [0, 0.1) is 0 Å². The molecule has 1 fully saturated rings. The monoisotopic (exact) mass is 398 g/mol. The average molecular weight is 399 g/mol. The number of likely N-dealkylation sites (N-methyl/N-ethyl adjacent to an activating group) is 1. The van der Waals surface area contributed by atoms with Gasteiger partial charge in [0.2, 0.25) is 15.9 Å². The van der Waals surface area contributed by atoms with Gasteiger partial charge in [-0.05, 0) is 31.0 Å². The van der Waals surface area contributed by atoms with Gasteiger partial charge in [0.1, 0.15) is 10.9 Å². The van der Waals surface area contributed by atoms with Crippen molar-refractivity contribution in [1.82, 2.24) is 9.21 Å². The first-order chi connectivity index (χ1) is 11.5. The van der Waals surface area contributed by atoms with Gasteiger partial charge in [0, 0.05) is 20.6 Å². The van der Waals surface area contributed by atoms with Crippen molar-refractivity contribution in [3.8, 4) is 0 Å². The molecule has 1 unspecified atom stereocenters. The Morgan fingerprint density at radius 1 is 1.28 bits per heavy atom. The van der Waals surface area contributed by atoms with Gasteiger partial charge in [-0.25, -0.2) is 8.42 Å². The van der Waals surface area contributed by atoms with E-state index in [1.54, 1.807) is 0 Å². The molecular weight excluding hydrogens is 381 g/mol. The number of alkyl halides is 3. The lowest BCUT2D eigenvalue weighted by molar-refractivity contribution is -0.137. The number of hydrogen-bond acceptors (Lipinski definition) is 3. The van der Waals surface area contributed by atoms with Gasteiger partial charge in [-0.2, -0.15) is 17.5 Å². The molecule has 1 atom stereocenters. The molecule has 1 aliphatic heterocycles. The number of hydrogen-bond donors (Lipinski definition) is 0. The van der Waals surface area contributed by atoms with Crippen LogP contribution in [-0.4, -0.2) is 50.2 Å². The lowest BCUT2D eigenvalue weighted by Crippen LogP contribution is -2.51. The maximum absolute atomic E-state index is 12.9. The molecular formula is C15H18ClF3N2O3S. The summed E-state index contributed by atoms with van der Waals surface area (Å²) in [4.78, 5) is 13.2. The molecule has 1 heterocycles. The summed E-state index contributed by atoms with van der Waals surface area (Å²) in [7, 11) is -1.15. The van der Waals surface area contributed by atoms with Crippen LogP contribution in [0.1, 0.15) is 24.8 Å². The van der Waals surface area contributed by atoms with E-state index in [0.29, 0.717) is 31.4 Å². The van der Waals surface area contributed by atoms with Crippen molar-refractivity contribution < 1.29 is 26.4 Å². The molecule has 1 amide bonds. The van der Waals surface area contributed by atoms with E-state index in [4.69, 9.17) is 11.6 Å². The van der Waals surface area contributed by atoms with Crippen LogP contribution in [0.4, 0.5) is 13.2 Å². The standard InChI is InChI=1S/C15H18ClF3N2O3S/c1-20(2)14(22)12-5-3-4-8-21(12)25(23,24)13-7-6-10(9-11(13)16)15(17,18)19/h6-7,9,12H,3-5,8H2,1-2H3. The third kappa shape index (κ3) is 4.09. The summed E-state index contributed by atoms with van der Waals surface area (Å²) in [6.45, 7) is 0.115. The highest BCUT2D eigenvalue weighted by atomic mass is 35.5. The third-order valence-electron chi connectivity index (χ3n) is 4.03. The number of amides is 1. The topological polar surface area (TPSA) is 57.7 Å². The Balaban J connectivity index is 2.44. The van der Waals surface area contributed by atoms with Gasteiger partial charge in [-0.1, -0.05) is 18.0 Å². The minimum atomic E-state index is -4.62. The highest BCUT2D eigenvalue weighted by Gasteiger charge is 2.40. The van der Waals surface area contributed by atoms with Crippen LogP contribution in [0.25, 0.3) is 0 Å². The number of sulfonamides is 1. The van der Waals surface area contributed by atoms with Crippen LogP contribution >= 0.6 is 11.6 Å². The van der Waals surface area contributed by atoms with E-state index in [0.717, 1.165) is 10.4 Å². The molecule has 2 rings (SSSR count). The summed E-state index contributed by atoms with van der Waals surface area (Å²) < 4.78 is 65.0. The van der Waals surface area contributed by atoms with Crippen LogP contribution in [0.5, 0.6) is 0 Å². The summed E-state index contributed by atoms with van der Waals surface area (Å²) in [5, 5.41) is -0.517. The number of piperidine rings is 1. The van der Waals surface area contributed by atoms with Crippen molar-refractivity contribution in [3.63, 3.8) is 0 Å². The van der Waals surface area contributed by atoms with E-state index in [-0.39, 0.29) is 12.5 Å². The number of halogens is 4. The van der Waals surface area contributed by atoms with E-state index in [1.165, 1.54) is 19.0 Å². The van der Waals surface area contributed by atoms with Crippen molar-refractivity contribution in [2.45, 2.75) is 36.4 Å². The fourth-order valence-corrected chi connectivity index (χ4v) is 4.92. The lowest BCUT2D eigenvalue weighted by Gasteiger charge is -2.35. The Labute approximate surface area is 149 Å². The van der Waals surface area contributed by atoms with Gasteiger partial charge >= 0.3 is 6.18 Å². The molecule has 0 spiro atoms.